The van der Waals surface area contributed by atoms with Crippen LogP contribution < -0.4 is 10.3 Å². The number of H-pyrrole nitrogens is 1. The van der Waals surface area contributed by atoms with E-state index >= 15 is 0 Å². The van der Waals surface area contributed by atoms with E-state index in [2.05, 4.69) is 16.7 Å². The molecular formula is C13H11FN2O2. The summed E-state index contributed by atoms with van der Waals surface area (Å²) >= 11 is 0. The first kappa shape index (κ1) is 12.0. The van der Waals surface area contributed by atoms with Gasteiger partial charge in [-0.15, -0.1) is 0 Å². The fourth-order valence-electron chi connectivity index (χ4n) is 1.47. The fourth-order valence-corrected chi connectivity index (χ4v) is 1.47. The van der Waals surface area contributed by atoms with Crippen molar-refractivity contribution in [1.82, 2.24) is 4.98 Å². The number of aromatic nitrogens is 1. The third kappa shape index (κ3) is 2.82. The summed E-state index contributed by atoms with van der Waals surface area (Å²) in [4.78, 5) is 17.4. The lowest BCUT2D eigenvalue weighted by atomic mass is 10.3. The zero-order valence-corrected chi connectivity index (χ0v) is 9.52. The summed E-state index contributed by atoms with van der Waals surface area (Å²) in [6.45, 7) is 3.51. The molecule has 0 amide bonds. The van der Waals surface area contributed by atoms with E-state index in [1.807, 2.05) is 0 Å². The minimum absolute atomic E-state index is 0.127. The van der Waals surface area contributed by atoms with E-state index in [4.69, 9.17) is 4.74 Å². The molecule has 1 N–H and O–H groups in total. The van der Waals surface area contributed by atoms with Crippen LogP contribution in [0.1, 0.15) is 5.69 Å². The molecule has 0 fully saturated rings. The number of rotatable bonds is 4. The van der Waals surface area contributed by atoms with Crippen molar-refractivity contribution in [3.8, 4) is 5.75 Å². The zero-order chi connectivity index (χ0) is 13.0. The Bertz CT molecular complexity index is 622. The fraction of sp³-hybridized carbons (Fsp3) is 0.0769. The molecule has 0 atom stereocenters. The molecule has 0 saturated heterocycles. The molecule has 18 heavy (non-hydrogen) atoms. The van der Waals surface area contributed by atoms with Gasteiger partial charge in [-0.1, -0.05) is 6.07 Å². The molecule has 1 aromatic carbocycles. The minimum atomic E-state index is -0.418. The first-order chi connectivity index (χ1) is 8.69. The molecule has 1 heterocycles. The summed E-state index contributed by atoms with van der Waals surface area (Å²) in [5.74, 6) is -0.131. The molecular weight excluding hydrogens is 235 g/mol. The molecule has 0 saturated carbocycles. The second-order valence-corrected chi connectivity index (χ2v) is 3.60. The van der Waals surface area contributed by atoms with Gasteiger partial charge in [-0.2, -0.15) is 0 Å². The predicted molar refractivity (Wildman–Crippen MR) is 67.0 cm³/mol. The highest BCUT2D eigenvalue weighted by atomic mass is 19.1. The van der Waals surface area contributed by atoms with Gasteiger partial charge < -0.3 is 9.72 Å². The summed E-state index contributed by atoms with van der Waals surface area (Å²) in [7, 11) is 0. The van der Waals surface area contributed by atoms with Gasteiger partial charge in [0.15, 0.2) is 0 Å². The van der Waals surface area contributed by atoms with Crippen LogP contribution in [0, 0.1) is 5.82 Å². The second-order valence-electron chi connectivity index (χ2n) is 3.60. The lowest BCUT2D eigenvalue weighted by Gasteiger charge is -2.08. The molecule has 0 aliphatic heterocycles. The summed E-state index contributed by atoms with van der Waals surface area (Å²) in [6.07, 6.45) is 0. The van der Waals surface area contributed by atoms with Crippen molar-refractivity contribution in [2.24, 2.45) is 4.99 Å². The number of ether oxygens (including phenoxy) is 1. The maximum atomic E-state index is 13.1. The van der Waals surface area contributed by atoms with E-state index in [9.17, 15) is 9.18 Å². The Labute approximate surface area is 103 Å². The van der Waals surface area contributed by atoms with Gasteiger partial charge >= 0.3 is 0 Å². The average molecular weight is 246 g/mol. The van der Waals surface area contributed by atoms with Gasteiger partial charge in [0.25, 0.3) is 0 Å². The molecule has 1 aromatic heterocycles. The SMILES string of the molecule is C=Nc1ccc(F)cc1OCc1cccc(=O)[nH]1. The maximum absolute atomic E-state index is 13.1. The van der Waals surface area contributed by atoms with E-state index < -0.39 is 5.82 Å². The molecule has 2 rings (SSSR count). The summed E-state index contributed by atoms with van der Waals surface area (Å²) in [5.41, 5.74) is 0.842. The molecule has 5 heteroatoms. The zero-order valence-electron chi connectivity index (χ0n) is 9.52. The van der Waals surface area contributed by atoms with Crippen LogP contribution in [0.3, 0.4) is 0 Å². The molecule has 0 aliphatic rings. The number of benzene rings is 1. The quantitative estimate of drug-likeness (QED) is 0.842. The van der Waals surface area contributed by atoms with Gasteiger partial charge in [-0.3, -0.25) is 9.79 Å². The van der Waals surface area contributed by atoms with Gasteiger partial charge in [-0.05, 0) is 24.9 Å². The largest absolute Gasteiger partial charge is 0.485 e. The van der Waals surface area contributed by atoms with Gasteiger partial charge in [0, 0.05) is 12.1 Å². The molecule has 2 aromatic rings. The predicted octanol–water partition coefficient (Wildman–Crippen LogP) is 2.43. The lowest BCUT2D eigenvalue weighted by molar-refractivity contribution is 0.300. The Hall–Kier alpha value is -2.43. The first-order valence-corrected chi connectivity index (χ1v) is 5.26. The number of pyridine rings is 1. The molecule has 0 unspecified atom stereocenters. The Balaban J connectivity index is 2.17. The van der Waals surface area contributed by atoms with Crippen molar-refractivity contribution in [1.29, 1.82) is 0 Å². The van der Waals surface area contributed by atoms with Crippen LogP contribution in [0.4, 0.5) is 10.1 Å². The summed E-state index contributed by atoms with van der Waals surface area (Å²) in [6, 6.07) is 8.72. The van der Waals surface area contributed by atoms with E-state index in [-0.39, 0.29) is 17.9 Å². The highest BCUT2D eigenvalue weighted by Gasteiger charge is 2.04. The number of aromatic amines is 1. The highest BCUT2D eigenvalue weighted by Crippen LogP contribution is 2.28. The Morgan fingerprint density at radius 3 is 2.89 bits per heavy atom. The molecule has 0 radical (unpaired) electrons. The molecule has 0 bridgehead atoms. The number of nitrogens with one attached hydrogen (secondary N) is 1. The standard InChI is InChI=1S/C13H11FN2O2/c1-15-11-6-5-9(14)7-12(11)18-8-10-3-2-4-13(17)16-10/h2-7H,1,8H2,(H,16,17). The third-order valence-corrected chi connectivity index (χ3v) is 2.30. The van der Waals surface area contributed by atoms with Crippen LogP contribution in [-0.2, 0) is 6.61 Å². The van der Waals surface area contributed by atoms with Gasteiger partial charge in [0.1, 0.15) is 23.9 Å². The summed E-state index contributed by atoms with van der Waals surface area (Å²) in [5, 5.41) is 0. The van der Waals surface area contributed by atoms with Crippen molar-refractivity contribution >= 4 is 12.4 Å². The lowest BCUT2D eigenvalue weighted by Crippen LogP contribution is -2.08. The number of aliphatic imine (C=N–C) groups is 1. The van der Waals surface area contributed by atoms with E-state index in [0.717, 1.165) is 0 Å². The average Bonchev–Trinajstić information content (AvgIpc) is 2.37. The van der Waals surface area contributed by atoms with Gasteiger partial charge in [-0.25, -0.2) is 4.39 Å². The minimum Gasteiger partial charge on any atom is -0.485 e. The second kappa shape index (κ2) is 5.27. The van der Waals surface area contributed by atoms with E-state index in [1.54, 1.807) is 12.1 Å². The number of nitrogens with zero attached hydrogens (tertiary/aromatic N) is 1. The number of hydrogen-bond acceptors (Lipinski definition) is 3. The smallest absolute Gasteiger partial charge is 0.248 e. The van der Waals surface area contributed by atoms with Crippen LogP contribution in [0.2, 0.25) is 0 Å². The van der Waals surface area contributed by atoms with Crippen LogP contribution in [-0.4, -0.2) is 11.7 Å². The molecule has 0 aliphatic carbocycles. The van der Waals surface area contributed by atoms with Gasteiger partial charge in [0.05, 0.1) is 5.69 Å². The highest BCUT2D eigenvalue weighted by molar-refractivity contribution is 5.55. The van der Waals surface area contributed by atoms with Crippen molar-refractivity contribution < 1.29 is 9.13 Å². The number of halogens is 1. The van der Waals surface area contributed by atoms with Crippen LogP contribution in [0.25, 0.3) is 0 Å². The van der Waals surface area contributed by atoms with Crippen LogP contribution in [0.5, 0.6) is 5.75 Å². The van der Waals surface area contributed by atoms with E-state index in [0.29, 0.717) is 11.4 Å². The Morgan fingerprint density at radius 2 is 2.17 bits per heavy atom. The third-order valence-electron chi connectivity index (χ3n) is 2.30. The van der Waals surface area contributed by atoms with Crippen LogP contribution in [0.15, 0.2) is 46.2 Å². The van der Waals surface area contributed by atoms with Crippen LogP contribution >= 0.6 is 0 Å². The van der Waals surface area contributed by atoms with Crippen molar-refractivity contribution in [2.75, 3.05) is 0 Å². The Kier molecular flexibility index (Phi) is 3.52. The van der Waals surface area contributed by atoms with Gasteiger partial charge in [0.2, 0.25) is 5.56 Å². The molecule has 92 valence electrons. The van der Waals surface area contributed by atoms with Crippen molar-refractivity contribution in [2.45, 2.75) is 6.61 Å². The van der Waals surface area contributed by atoms with Crippen molar-refractivity contribution in [3.05, 3.63) is 58.3 Å². The Morgan fingerprint density at radius 1 is 1.33 bits per heavy atom. The topological polar surface area (TPSA) is 54.4 Å². The monoisotopic (exact) mass is 246 g/mol. The normalized spacial score (nSPS) is 10.1. The van der Waals surface area contributed by atoms with E-state index in [1.165, 1.54) is 24.3 Å². The summed E-state index contributed by atoms with van der Waals surface area (Å²) < 4.78 is 18.5. The number of hydrogen-bond donors (Lipinski definition) is 1. The molecule has 0 spiro atoms. The van der Waals surface area contributed by atoms with Crippen molar-refractivity contribution in [3.63, 3.8) is 0 Å². The molecule has 4 nitrogen and oxygen atoms in total. The maximum Gasteiger partial charge on any atom is 0.248 e. The first-order valence-electron chi connectivity index (χ1n) is 5.26.